The average Bonchev–Trinajstić information content (AvgIpc) is 2.73. The van der Waals surface area contributed by atoms with Crippen molar-refractivity contribution >= 4 is 5.91 Å². The summed E-state index contributed by atoms with van der Waals surface area (Å²) >= 11 is 0. The van der Waals surface area contributed by atoms with Crippen molar-refractivity contribution in [1.29, 1.82) is 0 Å². The molecular weight excluding hydrogens is 352 g/mol. The number of hydrogen-bond acceptors (Lipinski definition) is 4. The minimum absolute atomic E-state index is 0.198. The highest BCUT2D eigenvalue weighted by atomic mass is 16.5. The molecule has 1 amide bonds. The molecule has 1 atom stereocenters. The molecular formula is C23H24N2O3. The molecule has 0 radical (unpaired) electrons. The number of rotatable bonds is 6. The highest BCUT2D eigenvalue weighted by Crippen LogP contribution is 2.29. The van der Waals surface area contributed by atoms with Crippen molar-refractivity contribution in [2.75, 3.05) is 14.2 Å². The molecule has 1 aromatic heterocycles. The zero-order chi connectivity index (χ0) is 20.1. The Balaban J connectivity index is 1.98. The number of benzene rings is 2. The first-order valence-corrected chi connectivity index (χ1v) is 9.03. The average molecular weight is 376 g/mol. The normalized spacial score (nSPS) is 11.6. The van der Waals surface area contributed by atoms with Crippen LogP contribution in [0.1, 0.15) is 38.7 Å². The van der Waals surface area contributed by atoms with Gasteiger partial charge in [-0.15, -0.1) is 0 Å². The molecule has 0 saturated carbocycles. The number of hydrogen-bond donors (Lipinski definition) is 1. The fourth-order valence-electron chi connectivity index (χ4n) is 3.15. The number of pyridine rings is 1. The van der Waals surface area contributed by atoms with E-state index >= 15 is 0 Å². The third-order valence-corrected chi connectivity index (χ3v) is 4.68. The summed E-state index contributed by atoms with van der Waals surface area (Å²) in [6, 6.07) is 14.9. The molecule has 0 aliphatic heterocycles. The maximum absolute atomic E-state index is 13.0. The standard InChI is InChI=1S/C23H24N2O3/c1-15-7-8-16(2)19(12-15)22(18-6-5-11-24-14-18)25-23(26)17-9-10-20(27-3)21(13-17)28-4/h5-14,22H,1-4H3,(H,25,26)/t22-/m0/s1. The summed E-state index contributed by atoms with van der Waals surface area (Å²) in [5, 5.41) is 3.15. The van der Waals surface area contributed by atoms with E-state index in [0.717, 1.165) is 22.3 Å². The number of aryl methyl sites for hydroxylation is 2. The van der Waals surface area contributed by atoms with Crippen LogP contribution in [0.4, 0.5) is 0 Å². The van der Waals surface area contributed by atoms with E-state index in [-0.39, 0.29) is 11.9 Å². The smallest absolute Gasteiger partial charge is 0.252 e. The Labute approximate surface area is 165 Å². The maximum Gasteiger partial charge on any atom is 0.252 e. The number of methoxy groups -OCH3 is 2. The van der Waals surface area contributed by atoms with Gasteiger partial charge in [-0.05, 0) is 54.8 Å². The highest BCUT2D eigenvalue weighted by molar-refractivity contribution is 5.95. The third-order valence-electron chi connectivity index (χ3n) is 4.68. The summed E-state index contributed by atoms with van der Waals surface area (Å²) in [4.78, 5) is 17.3. The molecule has 1 heterocycles. The van der Waals surface area contributed by atoms with Crippen LogP contribution in [0.3, 0.4) is 0 Å². The minimum atomic E-state index is -0.311. The van der Waals surface area contributed by atoms with Gasteiger partial charge in [0.2, 0.25) is 0 Å². The van der Waals surface area contributed by atoms with E-state index in [1.807, 2.05) is 26.0 Å². The second kappa shape index (κ2) is 8.57. The highest BCUT2D eigenvalue weighted by Gasteiger charge is 2.21. The van der Waals surface area contributed by atoms with Crippen LogP contribution in [0.2, 0.25) is 0 Å². The number of carbonyl (C=O) groups excluding carboxylic acids is 1. The Bertz CT molecular complexity index is 971. The number of carbonyl (C=O) groups is 1. The minimum Gasteiger partial charge on any atom is -0.493 e. The lowest BCUT2D eigenvalue weighted by molar-refractivity contribution is 0.0942. The molecule has 5 nitrogen and oxygen atoms in total. The Morgan fingerprint density at radius 2 is 1.79 bits per heavy atom. The fourth-order valence-corrected chi connectivity index (χ4v) is 3.15. The van der Waals surface area contributed by atoms with Crippen molar-refractivity contribution in [3.05, 3.63) is 88.7 Å². The van der Waals surface area contributed by atoms with Gasteiger partial charge in [0.1, 0.15) is 0 Å². The predicted octanol–water partition coefficient (Wildman–Crippen LogP) is 4.24. The lowest BCUT2D eigenvalue weighted by atomic mass is 9.94. The molecule has 3 rings (SSSR count). The quantitative estimate of drug-likeness (QED) is 0.699. The lowest BCUT2D eigenvalue weighted by Gasteiger charge is -2.22. The topological polar surface area (TPSA) is 60.5 Å². The van der Waals surface area contributed by atoms with Crippen LogP contribution >= 0.6 is 0 Å². The van der Waals surface area contributed by atoms with E-state index in [4.69, 9.17) is 9.47 Å². The number of aromatic nitrogens is 1. The zero-order valence-corrected chi connectivity index (χ0v) is 16.5. The Morgan fingerprint density at radius 3 is 2.46 bits per heavy atom. The van der Waals surface area contributed by atoms with Crippen molar-refractivity contribution in [3.8, 4) is 11.5 Å². The van der Waals surface area contributed by atoms with Crippen LogP contribution in [0.25, 0.3) is 0 Å². The van der Waals surface area contributed by atoms with Crippen molar-refractivity contribution in [3.63, 3.8) is 0 Å². The van der Waals surface area contributed by atoms with Crippen molar-refractivity contribution in [1.82, 2.24) is 10.3 Å². The summed E-state index contributed by atoms with van der Waals surface area (Å²) in [6.07, 6.45) is 3.50. The van der Waals surface area contributed by atoms with Gasteiger partial charge < -0.3 is 14.8 Å². The molecule has 5 heteroatoms. The van der Waals surface area contributed by atoms with E-state index in [1.54, 1.807) is 44.8 Å². The van der Waals surface area contributed by atoms with E-state index in [9.17, 15) is 4.79 Å². The van der Waals surface area contributed by atoms with Crippen LogP contribution < -0.4 is 14.8 Å². The number of nitrogens with zero attached hydrogens (tertiary/aromatic N) is 1. The molecule has 1 N–H and O–H groups in total. The predicted molar refractivity (Wildman–Crippen MR) is 109 cm³/mol. The van der Waals surface area contributed by atoms with Gasteiger partial charge in [-0.1, -0.05) is 29.8 Å². The van der Waals surface area contributed by atoms with E-state index in [2.05, 4.69) is 28.5 Å². The van der Waals surface area contributed by atoms with Gasteiger partial charge in [-0.3, -0.25) is 9.78 Å². The Morgan fingerprint density at radius 1 is 1.00 bits per heavy atom. The van der Waals surface area contributed by atoms with Crippen molar-refractivity contribution in [2.45, 2.75) is 19.9 Å². The summed E-state index contributed by atoms with van der Waals surface area (Å²) < 4.78 is 10.6. The number of ether oxygens (including phenoxy) is 2. The van der Waals surface area contributed by atoms with Gasteiger partial charge in [0.25, 0.3) is 5.91 Å². The number of nitrogens with one attached hydrogen (secondary N) is 1. The molecule has 3 aromatic rings. The number of amides is 1. The SMILES string of the molecule is COc1ccc(C(=O)N[C@@H](c2cccnc2)c2cc(C)ccc2C)cc1OC. The van der Waals surface area contributed by atoms with E-state index < -0.39 is 0 Å². The van der Waals surface area contributed by atoms with Gasteiger partial charge in [0, 0.05) is 18.0 Å². The van der Waals surface area contributed by atoms with Gasteiger partial charge >= 0.3 is 0 Å². The first-order valence-electron chi connectivity index (χ1n) is 9.03. The molecule has 0 saturated heterocycles. The van der Waals surface area contributed by atoms with Crippen molar-refractivity contribution in [2.24, 2.45) is 0 Å². The van der Waals surface area contributed by atoms with Gasteiger partial charge in [0.15, 0.2) is 11.5 Å². The third kappa shape index (κ3) is 4.14. The monoisotopic (exact) mass is 376 g/mol. The largest absolute Gasteiger partial charge is 0.493 e. The first kappa shape index (κ1) is 19.4. The molecule has 0 aliphatic carbocycles. The van der Waals surface area contributed by atoms with Crippen LogP contribution in [-0.2, 0) is 0 Å². The van der Waals surface area contributed by atoms with E-state index in [1.165, 1.54) is 0 Å². The molecule has 2 aromatic carbocycles. The van der Waals surface area contributed by atoms with Gasteiger partial charge in [-0.25, -0.2) is 0 Å². The summed E-state index contributed by atoms with van der Waals surface area (Å²) in [6.45, 7) is 4.08. The van der Waals surface area contributed by atoms with Gasteiger partial charge in [-0.2, -0.15) is 0 Å². The molecule has 144 valence electrons. The molecule has 0 aliphatic rings. The van der Waals surface area contributed by atoms with Crippen LogP contribution in [0.5, 0.6) is 11.5 Å². The molecule has 0 fully saturated rings. The van der Waals surface area contributed by atoms with Gasteiger partial charge in [0.05, 0.1) is 20.3 Å². The first-order chi connectivity index (χ1) is 13.5. The van der Waals surface area contributed by atoms with E-state index in [0.29, 0.717) is 17.1 Å². The fraction of sp³-hybridized carbons (Fsp3) is 0.217. The molecule has 0 spiro atoms. The summed E-state index contributed by atoms with van der Waals surface area (Å²) in [7, 11) is 3.12. The second-order valence-corrected chi connectivity index (χ2v) is 6.62. The van der Waals surface area contributed by atoms with Crippen LogP contribution in [-0.4, -0.2) is 25.1 Å². The molecule has 0 unspecified atom stereocenters. The van der Waals surface area contributed by atoms with Crippen LogP contribution in [0.15, 0.2) is 60.9 Å². The zero-order valence-electron chi connectivity index (χ0n) is 16.5. The van der Waals surface area contributed by atoms with Crippen molar-refractivity contribution < 1.29 is 14.3 Å². The summed E-state index contributed by atoms with van der Waals surface area (Å²) in [5.74, 6) is 0.896. The van der Waals surface area contributed by atoms with Crippen LogP contribution in [0, 0.1) is 13.8 Å². The Kier molecular flexibility index (Phi) is 5.94. The molecule has 0 bridgehead atoms. The maximum atomic E-state index is 13.0. The summed E-state index contributed by atoms with van der Waals surface area (Å²) in [5.41, 5.74) is 4.70. The lowest BCUT2D eigenvalue weighted by Crippen LogP contribution is -2.30. The Hall–Kier alpha value is -3.34. The molecule has 28 heavy (non-hydrogen) atoms. The second-order valence-electron chi connectivity index (χ2n) is 6.62.